The number of nitrogens with one attached hydrogen (secondary N) is 1. The van der Waals surface area contributed by atoms with E-state index in [0.717, 1.165) is 83.0 Å². The number of pyridine rings is 1. The summed E-state index contributed by atoms with van der Waals surface area (Å²) in [5.74, 6) is 0.754. The van der Waals surface area contributed by atoms with Crippen molar-refractivity contribution in [2.45, 2.75) is 57.4 Å². The number of nitriles is 1. The lowest BCUT2D eigenvalue weighted by molar-refractivity contribution is -0.133. The number of thioether (sulfide) groups is 1. The monoisotopic (exact) mass is 643 g/mol. The maximum absolute atomic E-state index is 12.8. The molecule has 11 nitrogen and oxygen atoms in total. The van der Waals surface area contributed by atoms with Gasteiger partial charge in [-0.2, -0.15) is 5.26 Å². The lowest BCUT2D eigenvalue weighted by Crippen LogP contribution is -2.50. The molecule has 2 aromatic heterocycles. The molecule has 0 saturated carbocycles. The van der Waals surface area contributed by atoms with E-state index in [2.05, 4.69) is 45.0 Å². The molecule has 0 atom stereocenters. The van der Waals surface area contributed by atoms with Gasteiger partial charge in [0, 0.05) is 75.3 Å². The van der Waals surface area contributed by atoms with Crippen LogP contribution < -0.4 is 11.1 Å². The predicted octanol–water partition coefficient (Wildman–Crippen LogP) is 4.44. The minimum Gasteiger partial charge on any atom is -0.382 e. The number of amides is 2. The summed E-state index contributed by atoms with van der Waals surface area (Å²) in [6.07, 6.45) is 3.13. The SMILES string of the molecule is CCN(CC)CCN1CCN(C(=O)CCCCc2cccc(CSc3nc(N)c(C#N)c(-c4ccc(NC(C)=O)cc4)n3)n2)CC1. The highest BCUT2D eigenvalue weighted by molar-refractivity contribution is 7.98. The van der Waals surface area contributed by atoms with Gasteiger partial charge in [0.05, 0.1) is 11.4 Å². The summed E-state index contributed by atoms with van der Waals surface area (Å²) >= 11 is 1.40. The summed E-state index contributed by atoms with van der Waals surface area (Å²) in [5.41, 5.74) is 10.0. The molecule has 0 spiro atoms. The minimum absolute atomic E-state index is 0.120. The first kappa shape index (κ1) is 34.8. The first-order valence-electron chi connectivity index (χ1n) is 16.0. The van der Waals surface area contributed by atoms with Crippen molar-refractivity contribution in [2.24, 2.45) is 0 Å². The largest absolute Gasteiger partial charge is 0.382 e. The van der Waals surface area contributed by atoms with E-state index >= 15 is 0 Å². The van der Waals surface area contributed by atoms with Gasteiger partial charge in [-0.15, -0.1) is 0 Å². The Morgan fingerprint density at radius 1 is 1.00 bits per heavy atom. The number of carbonyl (C=O) groups is 2. The molecule has 2 amide bonds. The normalized spacial score (nSPS) is 13.5. The third-order valence-corrected chi connectivity index (χ3v) is 9.03. The van der Waals surface area contributed by atoms with Crippen molar-refractivity contribution in [3.05, 3.63) is 59.4 Å². The number of nitrogens with zero attached hydrogens (tertiary/aromatic N) is 7. The quantitative estimate of drug-likeness (QED) is 0.139. The predicted molar refractivity (Wildman–Crippen MR) is 183 cm³/mol. The zero-order chi connectivity index (χ0) is 32.9. The molecule has 1 saturated heterocycles. The molecular weight excluding hydrogens is 599 g/mol. The highest BCUT2D eigenvalue weighted by Gasteiger charge is 2.21. The van der Waals surface area contributed by atoms with Crippen molar-refractivity contribution in [3.8, 4) is 17.3 Å². The smallest absolute Gasteiger partial charge is 0.222 e. The molecule has 46 heavy (non-hydrogen) atoms. The highest BCUT2D eigenvalue weighted by atomic mass is 32.2. The molecular formula is C34H45N9O2S. The maximum Gasteiger partial charge on any atom is 0.222 e. The van der Waals surface area contributed by atoms with Gasteiger partial charge in [-0.1, -0.05) is 43.8 Å². The third kappa shape index (κ3) is 10.2. The fraction of sp³-hybridized carbons (Fsp3) is 0.471. The average Bonchev–Trinajstić information content (AvgIpc) is 3.06. The molecule has 1 aromatic carbocycles. The number of hydrogen-bond acceptors (Lipinski definition) is 10. The van der Waals surface area contributed by atoms with Gasteiger partial charge in [-0.05, 0) is 56.6 Å². The zero-order valence-corrected chi connectivity index (χ0v) is 28.0. The Morgan fingerprint density at radius 3 is 2.39 bits per heavy atom. The number of aromatic nitrogens is 3. The number of benzene rings is 1. The van der Waals surface area contributed by atoms with Gasteiger partial charge in [0.15, 0.2) is 5.16 Å². The van der Waals surface area contributed by atoms with Crippen LogP contribution in [0.4, 0.5) is 11.5 Å². The van der Waals surface area contributed by atoms with Crippen LogP contribution in [-0.2, 0) is 21.8 Å². The van der Waals surface area contributed by atoms with E-state index in [1.54, 1.807) is 24.3 Å². The van der Waals surface area contributed by atoms with E-state index in [-0.39, 0.29) is 23.2 Å². The van der Waals surface area contributed by atoms with Crippen molar-refractivity contribution < 1.29 is 9.59 Å². The van der Waals surface area contributed by atoms with Crippen LogP contribution in [0.2, 0.25) is 0 Å². The lowest BCUT2D eigenvalue weighted by atomic mass is 10.1. The number of unbranched alkanes of at least 4 members (excludes halogenated alkanes) is 1. The van der Waals surface area contributed by atoms with Crippen LogP contribution in [0, 0.1) is 11.3 Å². The van der Waals surface area contributed by atoms with E-state index in [0.29, 0.717) is 34.3 Å². The highest BCUT2D eigenvalue weighted by Crippen LogP contribution is 2.29. The number of aryl methyl sites for hydroxylation is 1. The summed E-state index contributed by atoms with van der Waals surface area (Å²) < 4.78 is 0. The minimum atomic E-state index is -0.162. The second-order valence-corrected chi connectivity index (χ2v) is 12.3. The van der Waals surface area contributed by atoms with Crippen molar-refractivity contribution in [1.29, 1.82) is 5.26 Å². The summed E-state index contributed by atoms with van der Waals surface area (Å²) in [6, 6.07) is 15.2. The fourth-order valence-electron chi connectivity index (χ4n) is 5.43. The number of piperazine rings is 1. The van der Waals surface area contributed by atoms with E-state index in [4.69, 9.17) is 10.7 Å². The molecule has 0 aliphatic carbocycles. The van der Waals surface area contributed by atoms with Crippen molar-refractivity contribution in [1.82, 2.24) is 29.7 Å². The van der Waals surface area contributed by atoms with Gasteiger partial charge < -0.3 is 20.9 Å². The number of nitrogens with two attached hydrogens (primary N) is 1. The standard InChI is InChI=1S/C34H45N9O2S/c1-4-41(5-2)17-18-42-19-21-43(22-20-42)31(45)12-7-6-9-27-10-8-11-29(38-27)24-46-34-39-32(30(23-35)33(36)40-34)26-13-15-28(16-14-26)37-25(3)44/h8,10-11,13-16H,4-7,9,12,17-22,24H2,1-3H3,(H,37,44)(H2,36,39,40). The van der Waals surface area contributed by atoms with Gasteiger partial charge in [0.25, 0.3) is 0 Å². The van der Waals surface area contributed by atoms with Gasteiger partial charge in [-0.25, -0.2) is 9.97 Å². The molecule has 3 N–H and O–H groups in total. The van der Waals surface area contributed by atoms with Crippen LogP contribution in [0.3, 0.4) is 0 Å². The number of likely N-dealkylation sites (N-methyl/N-ethyl adjacent to an activating group) is 1. The maximum atomic E-state index is 12.8. The molecule has 0 bridgehead atoms. The topological polar surface area (TPSA) is 144 Å². The Kier molecular flexibility index (Phi) is 13.3. The molecule has 3 aromatic rings. The number of rotatable bonds is 15. The summed E-state index contributed by atoms with van der Waals surface area (Å²) in [6.45, 7) is 13.7. The Balaban J connectivity index is 1.24. The number of nitrogen functional groups attached to an aromatic ring is 1. The van der Waals surface area contributed by atoms with Crippen LogP contribution in [0.15, 0.2) is 47.6 Å². The third-order valence-electron chi connectivity index (χ3n) is 8.15. The molecule has 1 fully saturated rings. The summed E-state index contributed by atoms with van der Waals surface area (Å²) in [5, 5.41) is 12.9. The van der Waals surface area contributed by atoms with Gasteiger partial charge in [0.2, 0.25) is 11.8 Å². The van der Waals surface area contributed by atoms with Crippen molar-refractivity contribution >= 4 is 35.1 Å². The Hall–Kier alpha value is -4.05. The Bertz CT molecular complexity index is 1500. The molecule has 12 heteroatoms. The van der Waals surface area contributed by atoms with Gasteiger partial charge in [0.1, 0.15) is 17.5 Å². The number of anilines is 2. The summed E-state index contributed by atoms with van der Waals surface area (Å²) in [4.78, 5) is 44.9. The first-order chi connectivity index (χ1) is 22.3. The first-order valence-corrected chi connectivity index (χ1v) is 17.0. The molecule has 1 aliphatic heterocycles. The van der Waals surface area contributed by atoms with Crippen molar-refractivity contribution in [3.63, 3.8) is 0 Å². The average molecular weight is 644 g/mol. The van der Waals surface area contributed by atoms with Crippen LogP contribution in [0.5, 0.6) is 0 Å². The molecule has 3 heterocycles. The molecule has 1 aliphatic rings. The van der Waals surface area contributed by atoms with Gasteiger partial charge in [-0.3, -0.25) is 19.5 Å². The number of hydrogen-bond donors (Lipinski definition) is 2. The lowest BCUT2D eigenvalue weighted by Gasteiger charge is -2.35. The van der Waals surface area contributed by atoms with Crippen LogP contribution >= 0.6 is 11.8 Å². The van der Waals surface area contributed by atoms with E-state index in [1.165, 1.54) is 18.7 Å². The molecule has 244 valence electrons. The van der Waals surface area contributed by atoms with Crippen molar-refractivity contribution in [2.75, 3.05) is 63.4 Å². The van der Waals surface area contributed by atoms with E-state index in [1.807, 2.05) is 23.1 Å². The van der Waals surface area contributed by atoms with Crippen LogP contribution in [0.25, 0.3) is 11.3 Å². The Morgan fingerprint density at radius 2 is 1.72 bits per heavy atom. The zero-order valence-electron chi connectivity index (χ0n) is 27.2. The molecule has 0 radical (unpaired) electrons. The van der Waals surface area contributed by atoms with E-state index in [9.17, 15) is 14.9 Å². The second-order valence-electron chi connectivity index (χ2n) is 11.4. The van der Waals surface area contributed by atoms with Crippen LogP contribution in [-0.4, -0.2) is 93.8 Å². The fourth-order valence-corrected chi connectivity index (χ4v) is 6.18. The molecule has 0 unspecified atom stereocenters. The molecule has 4 rings (SSSR count). The number of carbonyl (C=O) groups excluding carboxylic acids is 2. The van der Waals surface area contributed by atoms with E-state index < -0.39 is 0 Å². The van der Waals surface area contributed by atoms with Gasteiger partial charge >= 0.3 is 0 Å². The van der Waals surface area contributed by atoms with Crippen LogP contribution in [0.1, 0.15) is 57.0 Å². The summed E-state index contributed by atoms with van der Waals surface area (Å²) in [7, 11) is 0. The Labute approximate surface area is 276 Å². The second kappa shape index (κ2) is 17.6.